The van der Waals surface area contributed by atoms with Gasteiger partial charge in [-0.05, 0) is 43.3 Å². The Morgan fingerprint density at radius 3 is 3.12 bits per heavy atom. The molecule has 0 saturated heterocycles. The third kappa shape index (κ3) is 2.86. The summed E-state index contributed by atoms with van der Waals surface area (Å²) >= 11 is 1.79. The van der Waals surface area contributed by atoms with Gasteiger partial charge in [0, 0.05) is 4.88 Å². The molecule has 1 aliphatic rings. The third-order valence-electron chi connectivity index (χ3n) is 2.67. The second-order valence-corrected chi connectivity index (χ2v) is 4.98. The van der Waals surface area contributed by atoms with Crippen molar-refractivity contribution in [1.82, 2.24) is 5.32 Å². The van der Waals surface area contributed by atoms with Gasteiger partial charge in [-0.1, -0.05) is 13.0 Å². The average Bonchev–Trinajstić information content (AvgIpc) is 2.85. The second kappa shape index (κ2) is 6.06. The summed E-state index contributed by atoms with van der Waals surface area (Å²) < 4.78 is 5.77. The molecule has 2 rings (SSSR count). The van der Waals surface area contributed by atoms with E-state index in [1.807, 2.05) is 0 Å². The van der Waals surface area contributed by atoms with Crippen molar-refractivity contribution in [1.29, 1.82) is 0 Å². The van der Waals surface area contributed by atoms with Crippen LogP contribution in [0.3, 0.4) is 0 Å². The summed E-state index contributed by atoms with van der Waals surface area (Å²) in [5.41, 5.74) is 0. The van der Waals surface area contributed by atoms with E-state index in [0.717, 1.165) is 38.2 Å². The van der Waals surface area contributed by atoms with Crippen LogP contribution in [-0.4, -0.2) is 13.2 Å². The van der Waals surface area contributed by atoms with Crippen LogP contribution in [-0.2, 0) is 4.74 Å². The highest BCUT2D eigenvalue weighted by molar-refractivity contribution is 7.10. The van der Waals surface area contributed by atoms with Crippen LogP contribution in [0.2, 0.25) is 0 Å². The summed E-state index contributed by atoms with van der Waals surface area (Å²) in [6.07, 6.45) is 5.67. The maximum Gasteiger partial charge on any atom is 0.114 e. The van der Waals surface area contributed by atoms with Crippen LogP contribution >= 0.6 is 11.3 Å². The van der Waals surface area contributed by atoms with Crippen molar-refractivity contribution in [3.63, 3.8) is 0 Å². The van der Waals surface area contributed by atoms with Crippen molar-refractivity contribution in [2.45, 2.75) is 32.2 Å². The lowest BCUT2D eigenvalue weighted by atomic mass is 10.1. The van der Waals surface area contributed by atoms with Gasteiger partial charge in [-0.25, -0.2) is 0 Å². The maximum absolute atomic E-state index is 5.77. The Morgan fingerprint density at radius 2 is 2.50 bits per heavy atom. The largest absolute Gasteiger partial charge is 0.496 e. The predicted molar refractivity (Wildman–Crippen MR) is 68.6 cm³/mol. The first-order valence-electron chi connectivity index (χ1n) is 6.01. The first-order chi connectivity index (χ1) is 7.92. The molecule has 0 saturated carbocycles. The molecule has 1 N–H and O–H groups in total. The molecular formula is C13H19NOS. The van der Waals surface area contributed by atoms with Gasteiger partial charge < -0.3 is 10.1 Å². The molecule has 2 heterocycles. The van der Waals surface area contributed by atoms with E-state index in [1.165, 1.54) is 4.88 Å². The van der Waals surface area contributed by atoms with Crippen LogP contribution in [0, 0.1) is 0 Å². The summed E-state index contributed by atoms with van der Waals surface area (Å²) in [5, 5.41) is 5.68. The van der Waals surface area contributed by atoms with E-state index in [1.54, 1.807) is 11.3 Å². The van der Waals surface area contributed by atoms with Crippen molar-refractivity contribution >= 4 is 11.3 Å². The van der Waals surface area contributed by atoms with Crippen molar-refractivity contribution < 1.29 is 4.74 Å². The van der Waals surface area contributed by atoms with E-state index < -0.39 is 0 Å². The molecule has 0 radical (unpaired) electrons. The van der Waals surface area contributed by atoms with Crippen molar-refractivity contribution in [3.8, 4) is 0 Å². The maximum atomic E-state index is 5.77. The molecule has 1 aromatic heterocycles. The highest BCUT2D eigenvalue weighted by Gasteiger charge is 2.19. The van der Waals surface area contributed by atoms with Crippen LogP contribution in [0.4, 0.5) is 0 Å². The summed E-state index contributed by atoms with van der Waals surface area (Å²) in [6.45, 7) is 4.08. The number of hydrogen-bond donors (Lipinski definition) is 1. The Morgan fingerprint density at radius 1 is 1.56 bits per heavy atom. The lowest BCUT2D eigenvalue weighted by Gasteiger charge is -2.24. The van der Waals surface area contributed by atoms with E-state index in [2.05, 4.69) is 35.8 Å². The van der Waals surface area contributed by atoms with Gasteiger partial charge >= 0.3 is 0 Å². The molecule has 0 bridgehead atoms. The predicted octanol–water partition coefficient (Wildman–Crippen LogP) is 3.48. The van der Waals surface area contributed by atoms with Crippen molar-refractivity contribution in [3.05, 3.63) is 34.2 Å². The zero-order valence-electron chi connectivity index (χ0n) is 9.74. The molecule has 1 unspecified atom stereocenters. The van der Waals surface area contributed by atoms with Gasteiger partial charge in [-0.15, -0.1) is 11.3 Å². The van der Waals surface area contributed by atoms with Crippen LogP contribution in [0.1, 0.15) is 37.1 Å². The summed E-state index contributed by atoms with van der Waals surface area (Å²) in [7, 11) is 0. The lowest BCUT2D eigenvalue weighted by molar-refractivity contribution is 0.168. The van der Waals surface area contributed by atoms with E-state index in [4.69, 9.17) is 4.74 Å². The highest BCUT2D eigenvalue weighted by Crippen LogP contribution is 2.28. The number of allylic oxidation sites excluding steroid dienone is 1. The van der Waals surface area contributed by atoms with E-state index in [-0.39, 0.29) is 6.04 Å². The standard InChI is InChI=1S/C13H19NOS/c1-2-8-14-13(12-7-5-10-16-12)11-6-3-4-9-15-11/h5-7,10,13-14H,2-4,8-9H2,1H3. The first-order valence-corrected chi connectivity index (χ1v) is 6.89. The molecule has 1 atom stereocenters. The lowest BCUT2D eigenvalue weighted by Crippen LogP contribution is -2.25. The Labute approximate surface area is 101 Å². The molecule has 2 nitrogen and oxygen atoms in total. The summed E-state index contributed by atoms with van der Waals surface area (Å²) in [4.78, 5) is 1.35. The van der Waals surface area contributed by atoms with E-state index in [9.17, 15) is 0 Å². The Balaban J connectivity index is 2.10. The minimum atomic E-state index is 0.264. The molecular weight excluding hydrogens is 218 g/mol. The smallest absolute Gasteiger partial charge is 0.114 e. The molecule has 16 heavy (non-hydrogen) atoms. The Bertz CT molecular complexity index is 332. The fraction of sp³-hybridized carbons (Fsp3) is 0.538. The van der Waals surface area contributed by atoms with Gasteiger partial charge in [0.15, 0.2) is 0 Å². The minimum absolute atomic E-state index is 0.264. The molecule has 3 heteroatoms. The quantitative estimate of drug-likeness (QED) is 0.846. The molecule has 0 aromatic carbocycles. The van der Waals surface area contributed by atoms with Gasteiger partial charge in [-0.2, -0.15) is 0 Å². The van der Waals surface area contributed by atoms with Gasteiger partial charge in [0.2, 0.25) is 0 Å². The van der Waals surface area contributed by atoms with Crippen molar-refractivity contribution in [2.24, 2.45) is 0 Å². The highest BCUT2D eigenvalue weighted by atomic mass is 32.1. The molecule has 0 amide bonds. The van der Waals surface area contributed by atoms with Crippen LogP contribution in [0.15, 0.2) is 29.3 Å². The molecule has 1 aromatic rings. The zero-order valence-corrected chi connectivity index (χ0v) is 10.6. The summed E-state index contributed by atoms with van der Waals surface area (Å²) in [5.74, 6) is 1.11. The van der Waals surface area contributed by atoms with Gasteiger partial charge in [0.1, 0.15) is 5.76 Å². The van der Waals surface area contributed by atoms with Gasteiger partial charge in [0.05, 0.1) is 12.6 Å². The molecule has 0 spiro atoms. The number of nitrogens with one attached hydrogen (secondary N) is 1. The van der Waals surface area contributed by atoms with E-state index >= 15 is 0 Å². The molecule has 0 aliphatic carbocycles. The second-order valence-electron chi connectivity index (χ2n) is 4.00. The average molecular weight is 237 g/mol. The Kier molecular flexibility index (Phi) is 4.43. The summed E-state index contributed by atoms with van der Waals surface area (Å²) in [6, 6.07) is 4.54. The Hall–Kier alpha value is -0.800. The molecule has 88 valence electrons. The monoisotopic (exact) mass is 237 g/mol. The molecule has 1 aliphatic heterocycles. The third-order valence-corrected chi connectivity index (χ3v) is 3.61. The fourth-order valence-electron chi connectivity index (χ4n) is 1.86. The van der Waals surface area contributed by atoms with Crippen LogP contribution in [0.5, 0.6) is 0 Å². The van der Waals surface area contributed by atoms with Gasteiger partial charge in [0.25, 0.3) is 0 Å². The number of thiophene rings is 1. The topological polar surface area (TPSA) is 21.3 Å². The van der Waals surface area contributed by atoms with Crippen molar-refractivity contribution in [2.75, 3.05) is 13.2 Å². The van der Waals surface area contributed by atoms with Crippen LogP contribution in [0.25, 0.3) is 0 Å². The molecule has 0 fully saturated rings. The van der Waals surface area contributed by atoms with Gasteiger partial charge in [-0.3, -0.25) is 0 Å². The number of ether oxygens (including phenoxy) is 1. The zero-order chi connectivity index (χ0) is 11.2. The minimum Gasteiger partial charge on any atom is -0.496 e. The normalized spacial score (nSPS) is 17.7. The number of hydrogen-bond acceptors (Lipinski definition) is 3. The first kappa shape index (κ1) is 11.7. The van der Waals surface area contributed by atoms with Crippen LogP contribution < -0.4 is 5.32 Å². The fourth-order valence-corrected chi connectivity index (χ4v) is 2.67. The van der Waals surface area contributed by atoms with E-state index in [0.29, 0.717) is 0 Å². The number of rotatable bonds is 5. The SMILES string of the molecule is CCCNC(C1=CCCCO1)c1cccs1.